The lowest BCUT2D eigenvalue weighted by atomic mass is 10.6. The van der Waals surface area contributed by atoms with E-state index in [1.165, 1.54) is 0 Å². The fourth-order valence-corrected chi connectivity index (χ4v) is 0.201. The Labute approximate surface area is 57.9 Å². The van der Waals surface area contributed by atoms with Crippen molar-refractivity contribution in [3.8, 4) is 0 Å². The molecule has 0 aromatic carbocycles. The van der Waals surface area contributed by atoms with Crippen LogP contribution in [0.5, 0.6) is 0 Å². The van der Waals surface area contributed by atoms with Crippen LogP contribution in [-0.2, 0) is 9.53 Å². The molecule has 0 rings (SSSR count). The molecule has 2 nitrogen and oxygen atoms in total. The van der Waals surface area contributed by atoms with E-state index >= 15 is 0 Å². The van der Waals surface area contributed by atoms with Gasteiger partial charge in [-0.15, -0.1) is 0 Å². The van der Waals surface area contributed by atoms with E-state index in [1.54, 1.807) is 0 Å². The van der Waals surface area contributed by atoms with Crippen LogP contribution in [0.3, 0.4) is 0 Å². The number of esters is 1. The molecule has 0 N–H and O–H groups in total. The quantitative estimate of drug-likeness (QED) is 0.448. The van der Waals surface area contributed by atoms with Crippen molar-refractivity contribution >= 4 is 5.97 Å². The molecular formula is C4H2F5O2. The van der Waals surface area contributed by atoms with Crippen LogP contribution in [0.1, 0.15) is 0 Å². The molecule has 1 radical (unpaired) electrons. The molecule has 0 aliphatic carbocycles. The van der Waals surface area contributed by atoms with Gasteiger partial charge < -0.3 is 4.74 Å². The largest absolute Gasteiger partial charge is 0.501 e. The molecule has 0 spiro atoms. The molecule has 11 heavy (non-hydrogen) atoms. The molecule has 7 heteroatoms. The van der Waals surface area contributed by atoms with E-state index in [4.69, 9.17) is 0 Å². The summed E-state index contributed by atoms with van der Waals surface area (Å²) in [5.74, 6) is -1.94. The zero-order valence-corrected chi connectivity index (χ0v) is 4.91. The SMILES string of the molecule is [CH2]C(=O)OC(F)(F)C(F)(F)F. The molecule has 65 valence electrons. The van der Waals surface area contributed by atoms with Gasteiger partial charge in [-0.25, -0.2) is 0 Å². The first-order valence-corrected chi connectivity index (χ1v) is 2.16. The molecule has 0 bridgehead atoms. The van der Waals surface area contributed by atoms with Crippen molar-refractivity contribution in [3.05, 3.63) is 6.92 Å². The molecule has 0 heterocycles. The maximum absolute atomic E-state index is 11.6. The van der Waals surface area contributed by atoms with Gasteiger partial charge in [0.15, 0.2) is 0 Å². The molecule has 0 aromatic heterocycles. The van der Waals surface area contributed by atoms with E-state index in [0.29, 0.717) is 0 Å². The smallest absolute Gasteiger partial charge is 0.394 e. The Morgan fingerprint density at radius 2 is 1.55 bits per heavy atom. The van der Waals surface area contributed by atoms with Gasteiger partial charge in [0, 0.05) is 0 Å². The Morgan fingerprint density at radius 1 is 1.18 bits per heavy atom. The van der Waals surface area contributed by atoms with Crippen LogP contribution in [0, 0.1) is 6.92 Å². The number of hydrogen-bond donors (Lipinski definition) is 0. The monoisotopic (exact) mass is 177 g/mol. The highest BCUT2D eigenvalue weighted by Gasteiger charge is 2.61. The summed E-state index contributed by atoms with van der Waals surface area (Å²) >= 11 is 0. The van der Waals surface area contributed by atoms with E-state index in [2.05, 4.69) is 11.7 Å². The molecule has 0 unspecified atom stereocenters. The summed E-state index contributed by atoms with van der Waals surface area (Å²) < 4.78 is 59.2. The van der Waals surface area contributed by atoms with Crippen molar-refractivity contribution in [2.45, 2.75) is 12.3 Å². The fourth-order valence-electron chi connectivity index (χ4n) is 0.201. The first kappa shape index (κ1) is 10.1. The number of carbonyl (C=O) groups excluding carboxylic acids is 1. The summed E-state index contributed by atoms with van der Waals surface area (Å²) in [5.41, 5.74) is 0. The minimum Gasteiger partial charge on any atom is -0.394 e. The average molecular weight is 177 g/mol. The highest BCUT2D eigenvalue weighted by atomic mass is 19.4. The molecular weight excluding hydrogens is 175 g/mol. The van der Waals surface area contributed by atoms with Crippen LogP contribution in [0.4, 0.5) is 22.0 Å². The Kier molecular flexibility index (Phi) is 2.42. The zero-order valence-electron chi connectivity index (χ0n) is 4.91. The summed E-state index contributed by atoms with van der Waals surface area (Å²) in [5, 5.41) is 0. The van der Waals surface area contributed by atoms with E-state index in [1.807, 2.05) is 0 Å². The molecule has 0 amide bonds. The summed E-state index contributed by atoms with van der Waals surface area (Å²) in [6.45, 7) is 2.20. The van der Waals surface area contributed by atoms with Crippen LogP contribution in [0.2, 0.25) is 0 Å². The molecule has 0 saturated carbocycles. The van der Waals surface area contributed by atoms with E-state index in [0.717, 1.165) is 0 Å². The van der Waals surface area contributed by atoms with Crippen LogP contribution in [0.15, 0.2) is 0 Å². The number of rotatable bonds is 1. The van der Waals surface area contributed by atoms with Gasteiger partial charge >= 0.3 is 18.3 Å². The Hall–Kier alpha value is -0.880. The number of alkyl halides is 5. The number of ether oxygens (including phenoxy) is 1. The summed E-state index contributed by atoms with van der Waals surface area (Å²) in [7, 11) is 0. The summed E-state index contributed by atoms with van der Waals surface area (Å²) in [6, 6.07) is 0. The van der Waals surface area contributed by atoms with Crippen LogP contribution >= 0.6 is 0 Å². The lowest BCUT2D eigenvalue weighted by Crippen LogP contribution is -2.40. The van der Waals surface area contributed by atoms with E-state index in [-0.39, 0.29) is 0 Å². The summed E-state index contributed by atoms with van der Waals surface area (Å²) in [6.07, 6.45) is -11.3. The standard InChI is InChI=1S/C4H2F5O2/c1-2(10)11-4(8,9)3(5,6)7/h1H2. The minimum atomic E-state index is -5.89. The zero-order chi connectivity index (χ0) is 9.28. The van der Waals surface area contributed by atoms with Gasteiger partial charge in [-0.05, 0) is 0 Å². The van der Waals surface area contributed by atoms with Gasteiger partial charge in [-0.3, -0.25) is 4.79 Å². The fraction of sp³-hybridized carbons (Fsp3) is 0.500. The van der Waals surface area contributed by atoms with E-state index in [9.17, 15) is 26.7 Å². The summed E-state index contributed by atoms with van der Waals surface area (Å²) in [4.78, 5) is 9.59. The molecule has 0 atom stereocenters. The van der Waals surface area contributed by atoms with Gasteiger partial charge in [-0.1, -0.05) is 0 Å². The molecule has 0 aromatic rings. The maximum atomic E-state index is 11.6. The topological polar surface area (TPSA) is 26.3 Å². The highest BCUT2D eigenvalue weighted by Crippen LogP contribution is 2.36. The second kappa shape index (κ2) is 2.63. The van der Waals surface area contributed by atoms with Crippen molar-refractivity contribution in [2.24, 2.45) is 0 Å². The third-order valence-electron chi connectivity index (χ3n) is 0.572. The van der Waals surface area contributed by atoms with Crippen LogP contribution in [-0.4, -0.2) is 18.3 Å². The Bertz CT molecular complexity index is 160. The molecule has 0 aliphatic heterocycles. The number of hydrogen-bond acceptors (Lipinski definition) is 2. The second-order valence-electron chi connectivity index (χ2n) is 1.49. The van der Waals surface area contributed by atoms with Gasteiger partial charge in [0.1, 0.15) is 0 Å². The number of carbonyl (C=O) groups is 1. The minimum absolute atomic E-state index is 1.94. The van der Waals surface area contributed by atoms with Gasteiger partial charge in [-0.2, -0.15) is 22.0 Å². The first-order chi connectivity index (χ1) is 4.67. The third kappa shape index (κ3) is 2.69. The van der Waals surface area contributed by atoms with Crippen LogP contribution < -0.4 is 0 Å². The Morgan fingerprint density at radius 3 is 1.64 bits per heavy atom. The highest BCUT2D eigenvalue weighted by molar-refractivity contribution is 5.74. The van der Waals surface area contributed by atoms with Gasteiger partial charge in [0.25, 0.3) is 0 Å². The van der Waals surface area contributed by atoms with Gasteiger partial charge in [0.05, 0.1) is 6.92 Å². The number of halogens is 5. The molecule has 0 aliphatic rings. The van der Waals surface area contributed by atoms with Crippen molar-refractivity contribution in [2.75, 3.05) is 0 Å². The lowest BCUT2D eigenvalue weighted by molar-refractivity contribution is -0.374. The van der Waals surface area contributed by atoms with Crippen molar-refractivity contribution < 1.29 is 31.5 Å². The normalized spacial score (nSPS) is 12.9. The molecule has 0 saturated heterocycles. The second-order valence-corrected chi connectivity index (χ2v) is 1.49. The average Bonchev–Trinajstić information content (AvgIpc) is 1.56. The van der Waals surface area contributed by atoms with Crippen molar-refractivity contribution in [3.63, 3.8) is 0 Å². The maximum Gasteiger partial charge on any atom is 0.501 e. The van der Waals surface area contributed by atoms with Crippen molar-refractivity contribution in [1.82, 2.24) is 0 Å². The third-order valence-corrected chi connectivity index (χ3v) is 0.572. The lowest BCUT2D eigenvalue weighted by Gasteiger charge is -2.17. The Balaban J connectivity index is 4.34. The predicted molar refractivity (Wildman–Crippen MR) is 22.5 cm³/mol. The van der Waals surface area contributed by atoms with Gasteiger partial charge in [0.2, 0.25) is 0 Å². The molecule has 0 fully saturated rings. The first-order valence-electron chi connectivity index (χ1n) is 2.16. The predicted octanol–water partition coefficient (Wildman–Crippen LogP) is 1.52. The van der Waals surface area contributed by atoms with E-state index < -0.39 is 18.3 Å². The van der Waals surface area contributed by atoms with Crippen molar-refractivity contribution in [1.29, 1.82) is 0 Å². The van der Waals surface area contributed by atoms with Crippen LogP contribution in [0.25, 0.3) is 0 Å².